The van der Waals surface area contributed by atoms with Crippen molar-refractivity contribution in [2.45, 2.75) is 111 Å². The minimum atomic E-state index is 0.581. The molecule has 4 aliphatic carbocycles. The summed E-state index contributed by atoms with van der Waals surface area (Å²) in [6.07, 6.45) is 22.1. The van der Waals surface area contributed by atoms with Crippen molar-refractivity contribution in [1.29, 1.82) is 0 Å². The highest BCUT2D eigenvalue weighted by molar-refractivity contribution is 5.24. The average molecular weight is 357 g/mol. The monoisotopic (exact) mass is 356 g/mol. The maximum atomic E-state index is 2.74. The van der Waals surface area contributed by atoms with Gasteiger partial charge in [-0.25, -0.2) is 0 Å². The zero-order chi connectivity index (χ0) is 18.4. The number of allylic oxidation sites excluding steroid dienone is 2. The Bertz CT molecular complexity index is 528. The summed E-state index contributed by atoms with van der Waals surface area (Å²) in [6, 6.07) is 0. The van der Waals surface area contributed by atoms with Gasteiger partial charge in [0.25, 0.3) is 0 Å². The van der Waals surface area contributed by atoms with Gasteiger partial charge in [0.15, 0.2) is 0 Å². The second-order valence-electron chi connectivity index (χ2n) is 11.5. The van der Waals surface area contributed by atoms with Crippen LogP contribution in [0, 0.1) is 40.4 Å². The number of hydrogen-bond donors (Lipinski definition) is 0. The maximum absolute atomic E-state index is 2.74. The predicted octanol–water partition coefficient (Wildman–Crippen LogP) is 8.17. The van der Waals surface area contributed by atoms with Crippen LogP contribution in [0.25, 0.3) is 0 Å². The van der Waals surface area contributed by atoms with Crippen molar-refractivity contribution >= 4 is 0 Å². The molecule has 148 valence electrons. The zero-order valence-electron chi connectivity index (χ0n) is 18.2. The van der Waals surface area contributed by atoms with Crippen molar-refractivity contribution in [2.24, 2.45) is 40.4 Å². The van der Waals surface area contributed by atoms with E-state index in [1.807, 2.05) is 5.57 Å². The molecule has 3 fully saturated rings. The molecule has 3 saturated carbocycles. The van der Waals surface area contributed by atoms with Crippen LogP contribution in [-0.2, 0) is 0 Å². The van der Waals surface area contributed by atoms with Gasteiger partial charge in [-0.2, -0.15) is 0 Å². The molecule has 0 aliphatic heterocycles. The van der Waals surface area contributed by atoms with Crippen LogP contribution in [0.4, 0.5) is 0 Å². The third-order valence-corrected chi connectivity index (χ3v) is 9.80. The Morgan fingerprint density at radius 2 is 1.85 bits per heavy atom. The summed E-state index contributed by atoms with van der Waals surface area (Å²) in [5, 5.41) is 0. The molecule has 0 heterocycles. The van der Waals surface area contributed by atoms with Gasteiger partial charge in [-0.1, -0.05) is 65.0 Å². The van der Waals surface area contributed by atoms with Crippen molar-refractivity contribution in [3.05, 3.63) is 11.6 Å². The summed E-state index contributed by atoms with van der Waals surface area (Å²) in [5.74, 6) is 4.98. The van der Waals surface area contributed by atoms with Gasteiger partial charge < -0.3 is 0 Å². The molecule has 0 saturated heterocycles. The second kappa shape index (κ2) is 7.29. The Balaban J connectivity index is 1.45. The minimum absolute atomic E-state index is 0.581. The molecule has 5 unspecified atom stereocenters. The Labute approximate surface area is 163 Å². The molecule has 0 aromatic heterocycles. The highest BCUT2D eigenvalue weighted by Crippen LogP contribution is 2.66. The molecule has 0 heteroatoms. The summed E-state index contributed by atoms with van der Waals surface area (Å²) in [7, 11) is 0. The zero-order valence-corrected chi connectivity index (χ0v) is 18.2. The SMILES string of the molecule is CC(C)CCCCC1CCC2C3CC=C4CCCCC4(C)[C@H]3CCC12C. The minimum Gasteiger partial charge on any atom is -0.0845 e. The van der Waals surface area contributed by atoms with Gasteiger partial charge in [0.05, 0.1) is 0 Å². The number of unbranched alkanes of at least 4 members (excludes halogenated alkanes) is 1. The van der Waals surface area contributed by atoms with Gasteiger partial charge in [-0.05, 0) is 98.2 Å². The number of fused-ring (bicyclic) bond motifs is 5. The van der Waals surface area contributed by atoms with Crippen LogP contribution in [0.1, 0.15) is 111 Å². The van der Waals surface area contributed by atoms with E-state index in [9.17, 15) is 0 Å². The summed E-state index contributed by atoms with van der Waals surface area (Å²) >= 11 is 0. The highest BCUT2D eigenvalue weighted by atomic mass is 14.6. The lowest BCUT2D eigenvalue weighted by Crippen LogP contribution is -2.49. The first kappa shape index (κ1) is 19.1. The van der Waals surface area contributed by atoms with Crippen molar-refractivity contribution in [3.63, 3.8) is 0 Å². The Morgan fingerprint density at radius 1 is 1.00 bits per heavy atom. The standard InChI is InChI=1S/C26H44/c1-19(2)9-5-6-10-21-13-15-23-22-14-12-20-11-7-8-17-25(20,3)24(22)16-18-26(21,23)4/h12,19,21-24H,5-11,13-18H2,1-4H3/t21?,22?,23?,24-,25?,26?/m0/s1. The summed E-state index contributed by atoms with van der Waals surface area (Å²) in [6.45, 7) is 10.1. The van der Waals surface area contributed by atoms with Gasteiger partial charge in [-0.15, -0.1) is 0 Å². The third-order valence-electron chi connectivity index (χ3n) is 9.80. The van der Waals surface area contributed by atoms with Crippen molar-refractivity contribution in [3.8, 4) is 0 Å². The smallest absolute Gasteiger partial charge is 0.00853 e. The first-order valence-corrected chi connectivity index (χ1v) is 12.1. The van der Waals surface area contributed by atoms with E-state index in [0.29, 0.717) is 10.8 Å². The molecule has 0 N–H and O–H groups in total. The molecule has 6 atom stereocenters. The van der Waals surface area contributed by atoms with Crippen LogP contribution < -0.4 is 0 Å². The van der Waals surface area contributed by atoms with E-state index in [1.165, 1.54) is 70.6 Å². The van der Waals surface area contributed by atoms with E-state index in [4.69, 9.17) is 0 Å². The van der Waals surface area contributed by atoms with E-state index in [1.54, 1.807) is 12.8 Å². The first-order valence-electron chi connectivity index (χ1n) is 12.1. The van der Waals surface area contributed by atoms with E-state index in [2.05, 4.69) is 33.8 Å². The molecule has 4 aliphatic rings. The molecule has 0 bridgehead atoms. The van der Waals surface area contributed by atoms with Gasteiger partial charge in [0.2, 0.25) is 0 Å². The predicted molar refractivity (Wildman–Crippen MR) is 113 cm³/mol. The fourth-order valence-corrected chi connectivity index (χ4v) is 8.22. The maximum Gasteiger partial charge on any atom is -0.00853 e. The van der Waals surface area contributed by atoms with E-state index >= 15 is 0 Å². The van der Waals surface area contributed by atoms with Crippen LogP contribution in [0.3, 0.4) is 0 Å². The Morgan fingerprint density at radius 3 is 2.65 bits per heavy atom. The molecule has 0 nitrogen and oxygen atoms in total. The number of rotatable bonds is 5. The lowest BCUT2D eigenvalue weighted by molar-refractivity contribution is -0.0425. The Kier molecular flexibility index (Phi) is 5.35. The normalized spacial score (nSPS) is 45.0. The summed E-state index contributed by atoms with van der Waals surface area (Å²) in [5.41, 5.74) is 3.13. The van der Waals surface area contributed by atoms with Crippen molar-refractivity contribution in [2.75, 3.05) is 0 Å². The third kappa shape index (κ3) is 3.12. The number of hydrogen-bond acceptors (Lipinski definition) is 0. The van der Waals surface area contributed by atoms with Crippen molar-refractivity contribution in [1.82, 2.24) is 0 Å². The van der Waals surface area contributed by atoms with E-state index in [0.717, 1.165) is 29.6 Å². The summed E-state index contributed by atoms with van der Waals surface area (Å²) < 4.78 is 0. The topological polar surface area (TPSA) is 0 Å². The second-order valence-corrected chi connectivity index (χ2v) is 11.5. The van der Waals surface area contributed by atoms with Crippen molar-refractivity contribution < 1.29 is 0 Å². The summed E-state index contributed by atoms with van der Waals surface area (Å²) in [4.78, 5) is 0. The van der Waals surface area contributed by atoms with E-state index in [-0.39, 0.29) is 0 Å². The molecule has 0 aromatic rings. The lowest BCUT2D eigenvalue weighted by Gasteiger charge is -2.57. The highest BCUT2D eigenvalue weighted by Gasteiger charge is 2.57. The molecular weight excluding hydrogens is 312 g/mol. The molecule has 0 amide bonds. The Hall–Kier alpha value is -0.260. The fraction of sp³-hybridized carbons (Fsp3) is 0.923. The van der Waals surface area contributed by atoms with Crippen LogP contribution in [0.5, 0.6) is 0 Å². The van der Waals surface area contributed by atoms with Crippen LogP contribution in [0.2, 0.25) is 0 Å². The van der Waals surface area contributed by atoms with Crippen LogP contribution in [-0.4, -0.2) is 0 Å². The lowest BCUT2D eigenvalue weighted by atomic mass is 9.47. The molecule has 0 radical (unpaired) electrons. The largest absolute Gasteiger partial charge is 0.0845 e. The molecule has 0 aromatic carbocycles. The molecular formula is C26H44. The van der Waals surface area contributed by atoms with Gasteiger partial charge in [0.1, 0.15) is 0 Å². The molecule has 0 spiro atoms. The van der Waals surface area contributed by atoms with Crippen LogP contribution >= 0.6 is 0 Å². The van der Waals surface area contributed by atoms with Gasteiger partial charge >= 0.3 is 0 Å². The quantitative estimate of drug-likeness (QED) is 0.344. The van der Waals surface area contributed by atoms with Gasteiger partial charge in [-0.3, -0.25) is 0 Å². The molecule has 4 rings (SSSR count). The van der Waals surface area contributed by atoms with Gasteiger partial charge in [0, 0.05) is 0 Å². The molecule has 26 heavy (non-hydrogen) atoms. The average Bonchev–Trinajstić information content (AvgIpc) is 2.94. The van der Waals surface area contributed by atoms with E-state index < -0.39 is 0 Å². The van der Waals surface area contributed by atoms with Crippen LogP contribution in [0.15, 0.2) is 11.6 Å². The first-order chi connectivity index (χ1) is 12.4. The fourth-order valence-electron chi connectivity index (χ4n) is 8.22.